The fourth-order valence-corrected chi connectivity index (χ4v) is 3.52. The predicted octanol–water partition coefficient (Wildman–Crippen LogP) is 2.17. The van der Waals surface area contributed by atoms with Gasteiger partial charge >= 0.3 is 0 Å². The summed E-state index contributed by atoms with van der Waals surface area (Å²) in [6, 6.07) is 3.90. The third kappa shape index (κ3) is 4.22. The van der Waals surface area contributed by atoms with Crippen molar-refractivity contribution in [3.8, 4) is 0 Å². The second-order valence-corrected chi connectivity index (χ2v) is 6.73. The van der Waals surface area contributed by atoms with Crippen molar-refractivity contribution in [1.29, 1.82) is 0 Å². The van der Waals surface area contributed by atoms with Gasteiger partial charge in [-0.2, -0.15) is 5.10 Å². The number of piperidine rings is 1. The van der Waals surface area contributed by atoms with E-state index < -0.39 is 0 Å². The highest BCUT2D eigenvalue weighted by Gasteiger charge is 2.31. The topological polar surface area (TPSA) is 75.9 Å². The van der Waals surface area contributed by atoms with E-state index in [1.165, 1.54) is 6.42 Å². The van der Waals surface area contributed by atoms with Gasteiger partial charge in [-0.1, -0.05) is 6.42 Å². The summed E-state index contributed by atoms with van der Waals surface area (Å²) in [5.41, 5.74) is 2.20. The zero-order valence-electron chi connectivity index (χ0n) is 15.1. The number of aryl methyl sites for hydroxylation is 2. The van der Waals surface area contributed by atoms with Crippen LogP contribution in [0.3, 0.4) is 0 Å². The second-order valence-electron chi connectivity index (χ2n) is 6.73. The van der Waals surface area contributed by atoms with Gasteiger partial charge < -0.3 is 0 Å². The zero-order valence-corrected chi connectivity index (χ0v) is 15.1. The largest absolute Gasteiger partial charge is 0.293 e. The first-order valence-corrected chi connectivity index (χ1v) is 8.89. The summed E-state index contributed by atoms with van der Waals surface area (Å²) in [4.78, 5) is 23.1. The van der Waals surface area contributed by atoms with Crippen LogP contribution in [0, 0.1) is 13.8 Å². The second kappa shape index (κ2) is 7.74. The van der Waals surface area contributed by atoms with Crippen molar-refractivity contribution in [1.82, 2.24) is 24.6 Å². The number of carbonyl (C=O) groups excluding carboxylic acids is 1. The van der Waals surface area contributed by atoms with Crippen molar-refractivity contribution in [2.24, 2.45) is 0 Å². The summed E-state index contributed by atoms with van der Waals surface area (Å²) < 4.78 is 2.06. The van der Waals surface area contributed by atoms with Crippen molar-refractivity contribution in [3.63, 3.8) is 0 Å². The molecule has 3 heterocycles. The van der Waals surface area contributed by atoms with E-state index >= 15 is 0 Å². The van der Waals surface area contributed by atoms with Gasteiger partial charge in [-0.25, -0.2) is 9.97 Å². The van der Waals surface area contributed by atoms with E-state index in [0.29, 0.717) is 12.0 Å². The lowest BCUT2D eigenvalue weighted by Gasteiger charge is -2.39. The molecule has 0 spiro atoms. The Morgan fingerprint density at radius 1 is 1.32 bits per heavy atom. The summed E-state index contributed by atoms with van der Waals surface area (Å²) in [5.74, 6) is 0.290. The molecular formula is C18H26N6O. The highest BCUT2D eigenvalue weighted by atomic mass is 16.2. The quantitative estimate of drug-likeness (QED) is 0.901. The summed E-state index contributed by atoms with van der Waals surface area (Å²) in [6.07, 6.45) is 6.64. The van der Waals surface area contributed by atoms with Gasteiger partial charge in [0.05, 0.1) is 18.3 Å². The molecule has 7 heteroatoms. The summed E-state index contributed by atoms with van der Waals surface area (Å²) in [6.45, 7) is 7.79. The Morgan fingerprint density at radius 3 is 2.76 bits per heavy atom. The average Bonchev–Trinajstić information content (AvgIpc) is 2.93. The van der Waals surface area contributed by atoms with Crippen molar-refractivity contribution >= 4 is 11.9 Å². The number of aromatic nitrogens is 4. The molecule has 1 amide bonds. The summed E-state index contributed by atoms with van der Waals surface area (Å²) in [5, 5.41) is 7.39. The highest BCUT2D eigenvalue weighted by molar-refractivity contribution is 5.93. The Hall–Kier alpha value is -2.28. The molecule has 1 saturated heterocycles. The number of amides is 1. The summed E-state index contributed by atoms with van der Waals surface area (Å²) >= 11 is 0. The molecule has 0 bridgehead atoms. The maximum absolute atomic E-state index is 12.6. The van der Waals surface area contributed by atoms with Crippen molar-refractivity contribution in [2.45, 2.75) is 58.7 Å². The normalized spacial score (nSPS) is 19.6. The Bertz CT molecular complexity index is 714. The first-order chi connectivity index (χ1) is 12.0. The fourth-order valence-electron chi connectivity index (χ4n) is 3.52. The van der Waals surface area contributed by atoms with Gasteiger partial charge in [-0.15, -0.1) is 0 Å². The van der Waals surface area contributed by atoms with E-state index in [1.54, 1.807) is 18.5 Å². The minimum atomic E-state index is -0.230. The molecule has 2 aromatic heterocycles. The maximum atomic E-state index is 12.6. The Morgan fingerprint density at radius 2 is 2.08 bits per heavy atom. The van der Waals surface area contributed by atoms with Gasteiger partial charge in [-0.3, -0.25) is 19.7 Å². The lowest BCUT2D eigenvalue weighted by molar-refractivity contribution is -0.122. The minimum Gasteiger partial charge on any atom is -0.293 e. The van der Waals surface area contributed by atoms with Gasteiger partial charge in [0, 0.05) is 24.1 Å². The van der Waals surface area contributed by atoms with E-state index in [1.807, 2.05) is 13.8 Å². The van der Waals surface area contributed by atoms with Crippen LogP contribution in [-0.4, -0.2) is 49.2 Å². The van der Waals surface area contributed by atoms with Gasteiger partial charge in [0.15, 0.2) is 0 Å². The number of rotatable bonds is 5. The van der Waals surface area contributed by atoms with E-state index in [2.05, 4.69) is 43.0 Å². The molecule has 0 aromatic carbocycles. The standard InChI is InChI=1S/C18H26N6O/c1-13-11-14(2)24(22-13)12-16-7-4-5-10-23(16)15(3)17(25)21-18-19-8-6-9-20-18/h6,8-9,11,15-16H,4-5,7,10,12H2,1-3H3,(H,19,20,21,25)/t15-,16+/m1/s1. The van der Waals surface area contributed by atoms with Gasteiger partial charge in [0.1, 0.15) is 0 Å². The summed E-state index contributed by atoms with van der Waals surface area (Å²) in [7, 11) is 0. The Kier molecular flexibility index (Phi) is 5.43. The van der Waals surface area contributed by atoms with Crippen molar-refractivity contribution in [2.75, 3.05) is 11.9 Å². The Balaban J connectivity index is 1.69. The molecule has 3 rings (SSSR count). The van der Waals surface area contributed by atoms with Gasteiger partial charge in [0.2, 0.25) is 11.9 Å². The van der Waals surface area contributed by atoms with E-state index in [4.69, 9.17) is 0 Å². The average molecular weight is 342 g/mol. The molecule has 1 N–H and O–H groups in total. The number of likely N-dealkylation sites (tertiary alicyclic amines) is 1. The molecular weight excluding hydrogens is 316 g/mol. The van der Waals surface area contributed by atoms with Crippen LogP contribution in [0.2, 0.25) is 0 Å². The molecule has 7 nitrogen and oxygen atoms in total. The Labute approximate surface area is 148 Å². The number of hydrogen-bond donors (Lipinski definition) is 1. The monoisotopic (exact) mass is 342 g/mol. The van der Waals surface area contributed by atoms with Gasteiger partial charge in [0.25, 0.3) is 0 Å². The molecule has 1 aliphatic heterocycles. The molecule has 2 atom stereocenters. The predicted molar refractivity (Wildman–Crippen MR) is 96.2 cm³/mol. The van der Waals surface area contributed by atoms with Crippen LogP contribution in [0.4, 0.5) is 5.95 Å². The lowest BCUT2D eigenvalue weighted by Crippen LogP contribution is -2.51. The molecule has 2 aromatic rings. The first-order valence-electron chi connectivity index (χ1n) is 8.89. The van der Waals surface area contributed by atoms with E-state index in [0.717, 1.165) is 37.3 Å². The number of nitrogens with one attached hydrogen (secondary N) is 1. The number of carbonyl (C=O) groups is 1. The molecule has 0 radical (unpaired) electrons. The molecule has 25 heavy (non-hydrogen) atoms. The SMILES string of the molecule is Cc1cc(C)n(C[C@@H]2CCCCN2[C@H](C)C(=O)Nc2ncccn2)n1. The molecule has 1 fully saturated rings. The zero-order chi connectivity index (χ0) is 17.8. The van der Waals surface area contributed by atoms with Crippen molar-refractivity contribution in [3.05, 3.63) is 35.9 Å². The molecule has 0 unspecified atom stereocenters. The number of nitrogens with zero attached hydrogens (tertiary/aromatic N) is 5. The molecule has 134 valence electrons. The van der Waals surface area contributed by atoms with Crippen molar-refractivity contribution < 1.29 is 4.79 Å². The maximum Gasteiger partial charge on any atom is 0.243 e. The van der Waals surface area contributed by atoms with Crippen LogP contribution in [0.1, 0.15) is 37.6 Å². The number of hydrogen-bond acceptors (Lipinski definition) is 5. The van der Waals surface area contributed by atoms with Crippen LogP contribution < -0.4 is 5.32 Å². The molecule has 1 aliphatic rings. The lowest BCUT2D eigenvalue weighted by atomic mass is 9.99. The van der Waals surface area contributed by atoms with Gasteiger partial charge in [-0.05, 0) is 52.3 Å². The van der Waals surface area contributed by atoms with Crippen LogP contribution in [-0.2, 0) is 11.3 Å². The third-order valence-electron chi connectivity index (χ3n) is 4.84. The van der Waals surface area contributed by atoms with Crippen LogP contribution in [0.25, 0.3) is 0 Å². The van der Waals surface area contributed by atoms with E-state index in [9.17, 15) is 4.79 Å². The van der Waals surface area contributed by atoms with Crippen LogP contribution >= 0.6 is 0 Å². The fraction of sp³-hybridized carbons (Fsp3) is 0.556. The highest BCUT2D eigenvalue weighted by Crippen LogP contribution is 2.22. The first kappa shape index (κ1) is 17.5. The minimum absolute atomic E-state index is 0.0635. The molecule has 0 saturated carbocycles. The molecule has 0 aliphatic carbocycles. The van der Waals surface area contributed by atoms with Crippen LogP contribution in [0.15, 0.2) is 24.5 Å². The smallest absolute Gasteiger partial charge is 0.243 e. The third-order valence-corrected chi connectivity index (χ3v) is 4.84. The number of anilines is 1. The van der Waals surface area contributed by atoms with Crippen LogP contribution in [0.5, 0.6) is 0 Å². The van der Waals surface area contributed by atoms with E-state index in [-0.39, 0.29) is 11.9 Å².